The molecule has 1 atom stereocenters. The van der Waals surface area contributed by atoms with E-state index >= 15 is 0 Å². The molecule has 0 fully saturated rings. The second kappa shape index (κ2) is 5.24. The van der Waals surface area contributed by atoms with Crippen molar-refractivity contribution in [1.29, 1.82) is 0 Å². The number of nitrogens with one attached hydrogen (secondary N) is 1. The molecular formula is C8H14N2OS. The minimum absolute atomic E-state index is 0.0671. The Hall–Kier alpha value is -0.450. The van der Waals surface area contributed by atoms with Gasteiger partial charge in [-0.2, -0.15) is 0 Å². The van der Waals surface area contributed by atoms with Crippen LogP contribution in [0.3, 0.4) is 0 Å². The van der Waals surface area contributed by atoms with E-state index in [1.807, 2.05) is 0 Å². The molecule has 0 amide bonds. The Morgan fingerprint density at radius 2 is 2.58 bits per heavy atom. The summed E-state index contributed by atoms with van der Waals surface area (Å²) in [5.74, 6) is 0. The van der Waals surface area contributed by atoms with Crippen molar-refractivity contribution in [2.75, 3.05) is 13.2 Å². The van der Waals surface area contributed by atoms with Crippen LogP contribution in [-0.2, 0) is 0 Å². The normalized spacial score (nSPS) is 13.2. The average Bonchev–Trinajstić information content (AvgIpc) is 2.59. The van der Waals surface area contributed by atoms with Crippen molar-refractivity contribution in [2.24, 2.45) is 0 Å². The molecule has 0 bridgehead atoms. The van der Waals surface area contributed by atoms with Gasteiger partial charge >= 0.3 is 0 Å². The lowest BCUT2D eigenvalue weighted by molar-refractivity contribution is 0.246. The number of aliphatic hydroxyl groups excluding tert-OH is 1. The first kappa shape index (κ1) is 9.64. The SMILES string of the molecule is CCCNC(CO)c1cncs1. The van der Waals surface area contributed by atoms with Gasteiger partial charge in [0.05, 0.1) is 18.2 Å². The summed E-state index contributed by atoms with van der Waals surface area (Å²) in [4.78, 5) is 5.07. The zero-order valence-corrected chi connectivity index (χ0v) is 7.97. The highest BCUT2D eigenvalue weighted by molar-refractivity contribution is 7.09. The van der Waals surface area contributed by atoms with Crippen LogP contribution in [0, 0.1) is 0 Å². The number of hydrogen-bond acceptors (Lipinski definition) is 4. The van der Waals surface area contributed by atoms with Gasteiger partial charge in [0.1, 0.15) is 0 Å². The second-order valence-corrected chi connectivity index (χ2v) is 3.51. The minimum atomic E-state index is 0.0671. The lowest BCUT2D eigenvalue weighted by Crippen LogP contribution is -2.24. The van der Waals surface area contributed by atoms with E-state index in [4.69, 9.17) is 5.11 Å². The molecule has 0 saturated carbocycles. The highest BCUT2D eigenvalue weighted by Gasteiger charge is 2.09. The number of nitrogens with zero attached hydrogens (tertiary/aromatic N) is 1. The molecule has 1 aromatic rings. The molecule has 68 valence electrons. The van der Waals surface area contributed by atoms with Gasteiger partial charge in [-0.3, -0.25) is 4.98 Å². The van der Waals surface area contributed by atoms with E-state index in [0.29, 0.717) is 0 Å². The smallest absolute Gasteiger partial charge is 0.0794 e. The van der Waals surface area contributed by atoms with Crippen molar-refractivity contribution in [3.63, 3.8) is 0 Å². The Morgan fingerprint density at radius 3 is 3.08 bits per heavy atom. The van der Waals surface area contributed by atoms with Gasteiger partial charge in [-0.05, 0) is 13.0 Å². The summed E-state index contributed by atoms with van der Waals surface area (Å²) in [6.07, 6.45) is 2.88. The third-order valence-corrected chi connectivity index (χ3v) is 2.51. The second-order valence-electron chi connectivity index (χ2n) is 2.59. The third kappa shape index (κ3) is 2.55. The Morgan fingerprint density at radius 1 is 1.75 bits per heavy atom. The zero-order chi connectivity index (χ0) is 8.81. The summed E-state index contributed by atoms with van der Waals surface area (Å²) in [6.45, 7) is 3.18. The van der Waals surface area contributed by atoms with Gasteiger partial charge in [0.2, 0.25) is 0 Å². The first-order valence-electron chi connectivity index (χ1n) is 4.11. The number of aliphatic hydroxyl groups is 1. The van der Waals surface area contributed by atoms with E-state index in [1.54, 1.807) is 23.0 Å². The maximum absolute atomic E-state index is 9.04. The largest absolute Gasteiger partial charge is 0.394 e. The number of thiazole rings is 1. The quantitative estimate of drug-likeness (QED) is 0.725. The molecule has 0 radical (unpaired) electrons. The lowest BCUT2D eigenvalue weighted by atomic mass is 10.2. The molecule has 1 unspecified atom stereocenters. The fraction of sp³-hybridized carbons (Fsp3) is 0.625. The first-order valence-corrected chi connectivity index (χ1v) is 4.99. The van der Waals surface area contributed by atoms with E-state index in [1.165, 1.54) is 0 Å². The van der Waals surface area contributed by atoms with Crippen LogP contribution in [0.2, 0.25) is 0 Å². The van der Waals surface area contributed by atoms with Gasteiger partial charge in [-0.25, -0.2) is 0 Å². The molecule has 0 aliphatic rings. The highest BCUT2D eigenvalue weighted by atomic mass is 32.1. The van der Waals surface area contributed by atoms with Crippen LogP contribution in [-0.4, -0.2) is 23.2 Å². The van der Waals surface area contributed by atoms with Crippen LogP contribution in [0.15, 0.2) is 11.7 Å². The van der Waals surface area contributed by atoms with E-state index in [0.717, 1.165) is 17.8 Å². The van der Waals surface area contributed by atoms with Crippen LogP contribution >= 0.6 is 11.3 Å². The summed E-state index contributed by atoms with van der Waals surface area (Å²) in [5, 5.41) is 12.3. The molecule has 0 saturated heterocycles. The van der Waals surface area contributed by atoms with Crippen LogP contribution in [0.1, 0.15) is 24.3 Å². The molecule has 2 N–H and O–H groups in total. The van der Waals surface area contributed by atoms with Crippen molar-refractivity contribution >= 4 is 11.3 Å². The molecule has 3 nitrogen and oxygen atoms in total. The van der Waals surface area contributed by atoms with Gasteiger partial charge in [0.25, 0.3) is 0 Å². The standard InChI is InChI=1S/C8H14N2OS/c1-2-3-10-7(5-11)8-4-9-6-12-8/h4,6-7,10-11H,2-3,5H2,1H3. The Kier molecular flexibility index (Phi) is 4.21. The summed E-state index contributed by atoms with van der Waals surface area (Å²) < 4.78 is 0. The monoisotopic (exact) mass is 186 g/mol. The fourth-order valence-electron chi connectivity index (χ4n) is 0.971. The molecule has 4 heteroatoms. The van der Waals surface area contributed by atoms with E-state index in [-0.39, 0.29) is 12.6 Å². The fourth-order valence-corrected chi connectivity index (χ4v) is 1.66. The third-order valence-electron chi connectivity index (χ3n) is 1.62. The molecule has 0 aromatic carbocycles. The van der Waals surface area contributed by atoms with Crippen molar-refractivity contribution in [1.82, 2.24) is 10.3 Å². The predicted molar refractivity (Wildman–Crippen MR) is 50.2 cm³/mol. The van der Waals surface area contributed by atoms with Crippen molar-refractivity contribution in [3.8, 4) is 0 Å². The number of aromatic nitrogens is 1. The molecule has 0 aliphatic carbocycles. The van der Waals surface area contributed by atoms with Gasteiger partial charge in [-0.1, -0.05) is 6.92 Å². The molecule has 0 aliphatic heterocycles. The minimum Gasteiger partial charge on any atom is -0.394 e. The Balaban J connectivity index is 2.45. The number of rotatable bonds is 5. The Bertz CT molecular complexity index is 201. The van der Waals surface area contributed by atoms with Crippen LogP contribution in [0.25, 0.3) is 0 Å². The first-order chi connectivity index (χ1) is 5.88. The Labute approximate surface area is 76.5 Å². The van der Waals surface area contributed by atoms with Crippen LogP contribution in [0.4, 0.5) is 0 Å². The highest BCUT2D eigenvalue weighted by Crippen LogP contribution is 2.15. The van der Waals surface area contributed by atoms with E-state index in [9.17, 15) is 0 Å². The summed E-state index contributed by atoms with van der Waals surface area (Å²) in [6, 6.07) is 0.0671. The summed E-state index contributed by atoms with van der Waals surface area (Å²) >= 11 is 1.57. The van der Waals surface area contributed by atoms with Crippen LogP contribution in [0.5, 0.6) is 0 Å². The topological polar surface area (TPSA) is 45.1 Å². The maximum Gasteiger partial charge on any atom is 0.0794 e. The predicted octanol–water partition coefficient (Wildman–Crippen LogP) is 1.18. The van der Waals surface area contributed by atoms with E-state index in [2.05, 4.69) is 17.2 Å². The van der Waals surface area contributed by atoms with E-state index < -0.39 is 0 Å². The average molecular weight is 186 g/mol. The van der Waals surface area contributed by atoms with Gasteiger partial charge in [-0.15, -0.1) is 11.3 Å². The summed E-state index contributed by atoms with van der Waals surface area (Å²) in [5.41, 5.74) is 1.78. The molecular weight excluding hydrogens is 172 g/mol. The van der Waals surface area contributed by atoms with Gasteiger partial charge < -0.3 is 10.4 Å². The van der Waals surface area contributed by atoms with Crippen molar-refractivity contribution in [2.45, 2.75) is 19.4 Å². The zero-order valence-electron chi connectivity index (χ0n) is 7.16. The summed E-state index contributed by atoms with van der Waals surface area (Å²) in [7, 11) is 0. The van der Waals surface area contributed by atoms with Gasteiger partial charge in [0.15, 0.2) is 0 Å². The lowest BCUT2D eigenvalue weighted by Gasteiger charge is -2.12. The maximum atomic E-state index is 9.04. The van der Waals surface area contributed by atoms with Crippen molar-refractivity contribution in [3.05, 3.63) is 16.6 Å². The molecule has 1 aromatic heterocycles. The number of hydrogen-bond donors (Lipinski definition) is 2. The molecule has 12 heavy (non-hydrogen) atoms. The molecule has 1 heterocycles. The molecule has 0 spiro atoms. The van der Waals surface area contributed by atoms with Gasteiger partial charge in [0, 0.05) is 11.1 Å². The van der Waals surface area contributed by atoms with Crippen molar-refractivity contribution < 1.29 is 5.11 Å². The van der Waals surface area contributed by atoms with Crippen LogP contribution < -0.4 is 5.32 Å². The molecule has 1 rings (SSSR count).